The summed E-state index contributed by atoms with van der Waals surface area (Å²) in [5.41, 5.74) is -0.495. The average molecular weight is 425 g/mol. The molecule has 0 spiro atoms. The first-order valence-electron chi connectivity index (χ1n) is 9.36. The quantitative estimate of drug-likeness (QED) is 0.487. The molecular formula is C21H17F6N3. The van der Waals surface area contributed by atoms with E-state index >= 15 is 0 Å². The predicted octanol–water partition coefficient (Wildman–Crippen LogP) is 6.33. The van der Waals surface area contributed by atoms with Crippen molar-refractivity contribution in [2.45, 2.75) is 31.6 Å². The van der Waals surface area contributed by atoms with E-state index < -0.39 is 23.5 Å². The fourth-order valence-electron chi connectivity index (χ4n) is 3.63. The molecule has 3 aromatic rings. The van der Waals surface area contributed by atoms with Crippen molar-refractivity contribution in [3.05, 3.63) is 65.2 Å². The summed E-state index contributed by atoms with van der Waals surface area (Å²) < 4.78 is 80.8. The number of alkyl halides is 6. The maximum Gasteiger partial charge on any atom is 0.417 e. The van der Waals surface area contributed by atoms with E-state index in [1.165, 1.54) is 35.0 Å². The minimum absolute atomic E-state index is 0.0457. The molecule has 0 amide bonds. The Balaban J connectivity index is 1.89. The molecule has 1 aromatic heterocycles. The molecule has 1 aliphatic heterocycles. The van der Waals surface area contributed by atoms with Gasteiger partial charge in [-0.25, -0.2) is 4.68 Å². The molecule has 9 heteroatoms. The van der Waals surface area contributed by atoms with Gasteiger partial charge >= 0.3 is 12.4 Å². The monoisotopic (exact) mass is 425 g/mol. The van der Waals surface area contributed by atoms with Crippen LogP contribution in [0.4, 0.5) is 32.2 Å². The van der Waals surface area contributed by atoms with Crippen molar-refractivity contribution >= 4 is 5.82 Å². The third kappa shape index (κ3) is 3.76. The summed E-state index contributed by atoms with van der Waals surface area (Å²) in [6.07, 6.45) is -6.93. The Morgan fingerprint density at radius 3 is 2.20 bits per heavy atom. The molecular weight excluding hydrogens is 408 g/mol. The second-order valence-electron chi connectivity index (χ2n) is 7.06. The van der Waals surface area contributed by atoms with Crippen molar-refractivity contribution in [3.63, 3.8) is 0 Å². The first-order valence-corrected chi connectivity index (χ1v) is 9.36. The van der Waals surface area contributed by atoms with Gasteiger partial charge in [0.25, 0.3) is 0 Å². The van der Waals surface area contributed by atoms with Crippen molar-refractivity contribution < 1.29 is 26.3 Å². The van der Waals surface area contributed by atoms with Crippen molar-refractivity contribution in [3.8, 4) is 16.9 Å². The second-order valence-corrected chi connectivity index (χ2v) is 7.06. The van der Waals surface area contributed by atoms with Gasteiger partial charge in [0.05, 0.1) is 22.5 Å². The number of hydrogen-bond donors (Lipinski definition) is 1. The molecule has 1 N–H and O–H groups in total. The smallest absolute Gasteiger partial charge is 0.370 e. The molecule has 2 heterocycles. The summed E-state index contributed by atoms with van der Waals surface area (Å²) in [6.45, 7) is 0.597. The molecule has 2 aromatic carbocycles. The molecule has 30 heavy (non-hydrogen) atoms. The Morgan fingerprint density at radius 2 is 1.53 bits per heavy atom. The van der Waals surface area contributed by atoms with Gasteiger partial charge in [-0.2, -0.15) is 31.4 Å². The molecule has 0 atom stereocenters. The minimum Gasteiger partial charge on any atom is -0.370 e. The fraction of sp³-hybridized carbons (Fsp3) is 0.286. The van der Waals surface area contributed by atoms with Crippen LogP contribution in [0.25, 0.3) is 16.9 Å². The maximum atomic E-state index is 13.6. The average Bonchev–Trinajstić information content (AvgIpc) is 2.87. The van der Waals surface area contributed by atoms with Gasteiger partial charge in [0, 0.05) is 17.7 Å². The van der Waals surface area contributed by atoms with Crippen LogP contribution < -0.4 is 5.32 Å². The number of anilines is 1. The zero-order chi connectivity index (χ0) is 21.5. The number of aromatic nitrogens is 2. The summed E-state index contributed by atoms with van der Waals surface area (Å²) in [5, 5.41) is 7.60. The molecule has 3 nitrogen and oxygen atoms in total. The van der Waals surface area contributed by atoms with Crippen LogP contribution in [0.15, 0.2) is 48.5 Å². The van der Waals surface area contributed by atoms with Crippen LogP contribution >= 0.6 is 0 Å². The van der Waals surface area contributed by atoms with Crippen LogP contribution in [-0.4, -0.2) is 16.3 Å². The summed E-state index contributed by atoms with van der Waals surface area (Å²) in [7, 11) is 0. The normalized spacial score (nSPS) is 14.7. The molecule has 1 aliphatic rings. The third-order valence-corrected chi connectivity index (χ3v) is 5.06. The van der Waals surface area contributed by atoms with Gasteiger partial charge in [-0.05, 0) is 49.6 Å². The SMILES string of the molecule is FC(F)(F)c1ccc(-n2nc(-c3ccccc3C(F)(F)F)c3c2NCCCC3)cc1. The highest BCUT2D eigenvalue weighted by atomic mass is 19.4. The Morgan fingerprint density at radius 1 is 0.833 bits per heavy atom. The van der Waals surface area contributed by atoms with Crippen LogP contribution in [-0.2, 0) is 18.8 Å². The standard InChI is InChI=1S/C21H17F6N3/c22-20(23,24)13-8-10-14(11-9-13)30-19-16(6-3-4-12-28-19)18(29-30)15-5-1-2-7-17(15)21(25,26)27/h1-2,5,7-11,28H,3-4,6,12H2. The van der Waals surface area contributed by atoms with Gasteiger partial charge in [0.15, 0.2) is 0 Å². The molecule has 0 radical (unpaired) electrons. The summed E-state index contributed by atoms with van der Waals surface area (Å²) >= 11 is 0. The van der Waals surface area contributed by atoms with Gasteiger partial charge in [0.2, 0.25) is 0 Å². The van der Waals surface area contributed by atoms with Gasteiger partial charge in [-0.15, -0.1) is 0 Å². The number of nitrogens with one attached hydrogen (secondary N) is 1. The Labute approximate surface area is 168 Å². The highest BCUT2D eigenvalue weighted by molar-refractivity contribution is 5.74. The first-order chi connectivity index (χ1) is 14.2. The lowest BCUT2D eigenvalue weighted by molar-refractivity contribution is -0.138. The number of rotatable bonds is 2. The molecule has 4 rings (SSSR count). The van der Waals surface area contributed by atoms with E-state index in [4.69, 9.17) is 0 Å². The molecule has 0 bridgehead atoms. The summed E-state index contributed by atoms with van der Waals surface area (Å²) in [5.74, 6) is 0.513. The van der Waals surface area contributed by atoms with Crippen LogP contribution in [0.3, 0.4) is 0 Å². The largest absolute Gasteiger partial charge is 0.417 e. The molecule has 0 saturated heterocycles. The number of hydrogen-bond acceptors (Lipinski definition) is 2. The molecule has 0 fully saturated rings. The molecule has 0 aliphatic carbocycles. The lowest BCUT2D eigenvalue weighted by Crippen LogP contribution is -2.09. The number of nitrogens with zero attached hydrogens (tertiary/aromatic N) is 2. The first kappa shape index (κ1) is 20.3. The van der Waals surface area contributed by atoms with Gasteiger partial charge in [0.1, 0.15) is 5.82 Å². The zero-order valence-corrected chi connectivity index (χ0v) is 15.6. The lowest BCUT2D eigenvalue weighted by Gasteiger charge is -2.12. The summed E-state index contributed by atoms with van der Waals surface area (Å²) in [4.78, 5) is 0. The van der Waals surface area contributed by atoms with Gasteiger partial charge in [-0.1, -0.05) is 18.2 Å². The highest BCUT2D eigenvalue weighted by Crippen LogP contribution is 2.41. The lowest BCUT2D eigenvalue weighted by atomic mass is 9.99. The van der Waals surface area contributed by atoms with Crippen LogP contribution in [0.2, 0.25) is 0 Å². The minimum atomic E-state index is -4.56. The molecule has 158 valence electrons. The van der Waals surface area contributed by atoms with E-state index in [0.29, 0.717) is 30.0 Å². The van der Waals surface area contributed by atoms with Crippen LogP contribution in [0, 0.1) is 0 Å². The van der Waals surface area contributed by atoms with Gasteiger partial charge < -0.3 is 5.32 Å². The third-order valence-electron chi connectivity index (χ3n) is 5.06. The van der Waals surface area contributed by atoms with E-state index in [2.05, 4.69) is 10.4 Å². The van der Waals surface area contributed by atoms with Crippen molar-refractivity contribution in [1.29, 1.82) is 0 Å². The van der Waals surface area contributed by atoms with Gasteiger partial charge in [-0.3, -0.25) is 0 Å². The van der Waals surface area contributed by atoms with Crippen molar-refractivity contribution in [2.24, 2.45) is 0 Å². The highest BCUT2D eigenvalue weighted by Gasteiger charge is 2.35. The van der Waals surface area contributed by atoms with Crippen molar-refractivity contribution in [2.75, 3.05) is 11.9 Å². The van der Waals surface area contributed by atoms with E-state index in [9.17, 15) is 26.3 Å². The van der Waals surface area contributed by atoms with E-state index in [0.717, 1.165) is 31.0 Å². The number of halogens is 6. The zero-order valence-electron chi connectivity index (χ0n) is 15.6. The van der Waals surface area contributed by atoms with E-state index in [1.54, 1.807) is 0 Å². The molecule has 0 saturated carbocycles. The summed E-state index contributed by atoms with van der Waals surface area (Å²) in [6, 6.07) is 9.60. The maximum absolute atomic E-state index is 13.6. The Hall–Kier alpha value is -2.97. The second kappa shape index (κ2) is 7.37. The molecule has 0 unspecified atom stereocenters. The Bertz CT molecular complexity index is 1050. The topological polar surface area (TPSA) is 29.9 Å². The van der Waals surface area contributed by atoms with Crippen LogP contribution in [0.1, 0.15) is 29.5 Å². The number of benzene rings is 2. The van der Waals surface area contributed by atoms with Crippen molar-refractivity contribution in [1.82, 2.24) is 9.78 Å². The number of fused-ring (bicyclic) bond motifs is 1. The fourth-order valence-corrected chi connectivity index (χ4v) is 3.63. The predicted molar refractivity (Wildman–Crippen MR) is 100 cm³/mol. The van der Waals surface area contributed by atoms with E-state index in [-0.39, 0.29) is 11.3 Å². The van der Waals surface area contributed by atoms with E-state index in [1.807, 2.05) is 0 Å². The van der Waals surface area contributed by atoms with Crippen LogP contribution in [0.5, 0.6) is 0 Å². The Kier molecular flexibility index (Phi) is 4.99.